The van der Waals surface area contributed by atoms with Crippen molar-refractivity contribution in [3.05, 3.63) is 66.4 Å². The lowest BCUT2D eigenvalue weighted by Crippen LogP contribution is -2.32. The van der Waals surface area contributed by atoms with Crippen LogP contribution < -0.4 is 21.3 Å². The Balaban J connectivity index is 1.39. The maximum atomic E-state index is 11.8. The summed E-state index contributed by atoms with van der Waals surface area (Å²) in [6.07, 6.45) is 0. The molecule has 3 aromatic rings. The molecule has 4 N–H and O–H groups in total. The molecule has 0 unspecified atom stereocenters. The zero-order valence-corrected chi connectivity index (χ0v) is 14.9. The Morgan fingerprint density at radius 3 is 2.37 bits per heavy atom. The van der Waals surface area contributed by atoms with Crippen LogP contribution in [0.1, 0.15) is 5.69 Å². The number of benzene rings is 1. The number of nitrogens with one attached hydrogen (secondary N) is 4. The minimum absolute atomic E-state index is 0.251. The predicted molar refractivity (Wildman–Crippen MR) is 106 cm³/mol. The predicted octanol–water partition coefficient (Wildman–Crippen LogP) is 3.16. The van der Waals surface area contributed by atoms with E-state index < -0.39 is 0 Å². The largest absolute Gasteiger partial charge is 0.367 e. The van der Waals surface area contributed by atoms with Crippen molar-refractivity contribution in [2.75, 3.05) is 29.0 Å². The third-order valence-electron chi connectivity index (χ3n) is 3.56. The van der Waals surface area contributed by atoms with Crippen molar-refractivity contribution in [2.24, 2.45) is 0 Å². The third-order valence-corrected chi connectivity index (χ3v) is 3.56. The lowest BCUT2D eigenvalue weighted by Gasteiger charge is -2.09. The van der Waals surface area contributed by atoms with Crippen molar-refractivity contribution in [1.82, 2.24) is 20.5 Å². The summed E-state index contributed by atoms with van der Waals surface area (Å²) in [6, 6.07) is 18.4. The van der Waals surface area contributed by atoms with E-state index in [1.165, 1.54) is 0 Å². The van der Waals surface area contributed by atoms with E-state index in [0.717, 1.165) is 17.2 Å². The van der Waals surface area contributed by atoms with Crippen molar-refractivity contribution in [3.63, 3.8) is 0 Å². The van der Waals surface area contributed by atoms with Gasteiger partial charge in [0.15, 0.2) is 5.82 Å². The van der Waals surface area contributed by atoms with Crippen molar-refractivity contribution in [3.8, 4) is 0 Å². The highest BCUT2D eigenvalue weighted by atomic mass is 16.2. The number of para-hydroxylation sites is 1. The zero-order valence-electron chi connectivity index (χ0n) is 14.9. The van der Waals surface area contributed by atoms with E-state index in [2.05, 4.69) is 36.4 Å². The van der Waals surface area contributed by atoms with Crippen LogP contribution in [0.5, 0.6) is 0 Å². The number of carbonyl (C=O) groups excluding carboxylic acids is 1. The highest BCUT2D eigenvalue weighted by Gasteiger charge is 2.02. The highest BCUT2D eigenvalue weighted by molar-refractivity contribution is 5.89. The molecule has 3 rings (SSSR count). The third kappa shape index (κ3) is 5.96. The normalized spacial score (nSPS) is 10.1. The summed E-state index contributed by atoms with van der Waals surface area (Å²) in [5, 5.41) is 19.9. The smallest absolute Gasteiger partial charge is 0.319 e. The zero-order chi connectivity index (χ0) is 18.9. The number of urea groups is 1. The van der Waals surface area contributed by atoms with Crippen molar-refractivity contribution in [1.29, 1.82) is 0 Å². The van der Waals surface area contributed by atoms with Gasteiger partial charge in [-0.05, 0) is 43.3 Å². The summed E-state index contributed by atoms with van der Waals surface area (Å²) < 4.78 is 0. The first-order valence-corrected chi connectivity index (χ1v) is 8.57. The Labute approximate surface area is 157 Å². The summed E-state index contributed by atoms with van der Waals surface area (Å²) in [4.78, 5) is 16.1. The van der Waals surface area contributed by atoms with Gasteiger partial charge in [-0.15, -0.1) is 10.2 Å². The molecule has 0 atom stereocenters. The summed E-state index contributed by atoms with van der Waals surface area (Å²) in [7, 11) is 0. The monoisotopic (exact) mass is 363 g/mol. The second-order valence-electron chi connectivity index (χ2n) is 5.77. The molecule has 0 bridgehead atoms. The van der Waals surface area contributed by atoms with Crippen molar-refractivity contribution >= 4 is 29.2 Å². The molecule has 0 aliphatic rings. The lowest BCUT2D eigenvalue weighted by atomic mass is 10.3. The summed E-state index contributed by atoms with van der Waals surface area (Å²) >= 11 is 0. The molecular weight excluding hydrogens is 342 g/mol. The van der Waals surface area contributed by atoms with E-state index >= 15 is 0 Å². The summed E-state index contributed by atoms with van der Waals surface area (Å²) in [5.41, 5.74) is 1.68. The first kappa shape index (κ1) is 18.1. The summed E-state index contributed by atoms with van der Waals surface area (Å²) in [6.45, 7) is 2.91. The Kier molecular flexibility index (Phi) is 6.13. The van der Waals surface area contributed by atoms with Crippen molar-refractivity contribution < 1.29 is 4.79 Å². The van der Waals surface area contributed by atoms with Crippen molar-refractivity contribution in [2.45, 2.75) is 6.92 Å². The van der Waals surface area contributed by atoms with Gasteiger partial charge in [-0.3, -0.25) is 0 Å². The van der Waals surface area contributed by atoms with E-state index in [1.54, 1.807) is 0 Å². The molecule has 0 aliphatic heterocycles. The van der Waals surface area contributed by atoms with Gasteiger partial charge < -0.3 is 21.3 Å². The number of hydrogen-bond donors (Lipinski definition) is 4. The van der Waals surface area contributed by atoms with Crippen LogP contribution in [-0.4, -0.2) is 34.3 Å². The lowest BCUT2D eigenvalue weighted by molar-refractivity contribution is 0.252. The van der Waals surface area contributed by atoms with Gasteiger partial charge >= 0.3 is 6.03 Å². The van der Waals surface area contributed by atoms with Crippen LogP contribution in [0.4, 0.5) is 27.9 Å². The second kappa shape index (κ2) is 9.14. The van der Waals surface area contributed by atoms with Gasteiger partial charge in [0.2, 0.25) is 0 Å². The first-order chi connectivity index (χ1) is 13.2. The average Bonchev–Trinajstić information content (AvgIpc) is 2.67. The second-order valence-corrected chi connectivity index (χ2v) is 5.77. The standard InChI is InChI=1S/C19H21N7O/c1-14-6-5-9-17(22-14)24-18-11-10-16(25-26-18)20-12-13-21-19(27)23-15-7-3-2-4-8-15/h2-11H,12-13H2,1H3,(H,20,25)(H2,21,23,27)(H,22,24,26). The first-order valence-electron chi connectivity index (χ1n) is 8.57. The quantitative estimate of drug-likeness (QED) is 0.481. The molecule has 2 amide bonds. The topological polar surface area (TPSA) is 104 Å². The molecular formula is C19H21N7O. The number of aryl methyl sites for hydroxylation is 1. The van der Waals surface area contributed by atoms with Gasteiger partial charge in [-0.25, -0.2) is 9.78 Å². The van der Waals surface area contributed by atoms with Gasteiger partial charge in [0.25, 0.3) is 0 Å². The van der Waals surface area contributed by atoms with E-state index in [1.807, 2.05) is 67.6 Å². The Hall–Kier alpha value is -3.68. The van der Waals surface area contributed by atoms with Gasteiger partial charge in [0, 0.05) is 24.5 Å². The number of nitrogens with zero attached hydrogens (tertiary/aromatic N) is 3. The van der Waals surface area contributed by atoms with Crippen LogP contribution in [0.15, 0.2) is 60.7 Å². The molecule has 27 heavy (non-hydrogen) atoms. The number of rotatable bonds is 7. The highest BCUT2D eigenvalue weighted by Crippen LogP contribution is 2.12. The summed E-state index contributed by atoms with van der Waals surface area (Å²) in [5.74, 6) is 1.96. The van der Waals surface area contributed by atoms with Crippen LogP contribution in [0.2, 0.25) is 0 Å². The minimum Gasteiger partial charge on any atom is -0.367 e. The number of carbonyl (C=O) groups is 1. The van der Waals surface area contributed by atoms with Crippen LogP contribution in [0.25, 0.3) is 0 Å². The van der Waals surface area contributed by atoms with Gasteiger partial charge in [0.1, 0.15) is 11.6 Å². The Morgan fingerprint density at radius 2 is 1.63 bits per heavy atom. The maximum absolute atomic E-state index is 11.8. The van der Waals surface area contributed by atoms with Crippen LogP contribution in [0, 0.1) is 6.92 Å². The molecule has 0 saturated carbocycles. The minimum atomic E-state index is -0.251. The molecule has 8 heteroatoms. The molecule has 2 aromatic heterocycles. The van der Waals surface area contributed by atoms with E-state index in [0.29, 0.717) is 24.7 Å². The molecule has 1 aromatic carbocycles. The molecule has 0 spiro atoms. The molecule has 0 fully saturated rings. The fraction of sp³-hybridized carbons (Fsp3) is 0.158. The average molecular weight is 363 g/mol. The van der Waals surface area contributed by atoms with E-state index in [4.69, 9.17) is 0 Å². The number of aromatic nitrogens is 3. The number of amides is 2. The molecule has 2 heterocycles. The van der Waals surface area contributed by atoms with Crippen LogP contribution in [-0.2, 0) is 0 Å². The van der Waals surface area contributed by atoms with Gasteiger partial charge in [-0.2, -0.15) is 0 Å². The van der Waals surface area contributed by atoms with Crippen LogP contribution >= 0.6 is 0 Å². The molecule has 0 aliphatic carbocycles. The number of pyridine rings is 1. The molecule has 8 nitrogen and oxygen atoms in total. The molecule has 138 valence electrons. The fourth-order valence-electron chi connectivity index (χ4n) is 2.30. The van der Waals surface area contributed by atoms with E-state index in [-0.39, 0.29) is 6.03 Å². The number of hydrogen-bond acceptors (Lipinski definition) is 6. The van der Waals surface area contributed by atoms with Gasteiger partial charge in [0.05, 0.1) is 0 Å². The maximum Gasteiger partial charge on any atom is 0.319 e. The fourth-order valence-corrected chi connectivity index (χ4v) is 2.30. The van der Waals surface area contributed by atoms with Crippen LogP contribution in [0.3, 0.4) is 0 Å². The molecule has 0 radical (unpaired) electrons. The Bertz CT molecular complexity index is 869. The number of anilines is 4. The van der Waals surface area contributed by atoms with Gasteiger partial charge in [-0.1, -0.05) is 24.3 Å². The van der Waals surface area contributed by atoms with E-state index in [9.17, 15) is 4.79 Å². The molecule has 0 saturated heterocycles. The SMILES string of the molecule is Cc1cccc(Nc2ccc(NCCNC(=O)Nc3ccccc3)nn2)n1. The Morgan fingerprint density at radius 1 is 0.852 bits per heavy atom.